The van der Waals surface area contributed by atoms with Crippen LogP contribution in [0.25, 0.3) is 0 Å². The van der Waals surface area contributed by atoms with E-state index in [1.54, 1.807) is 18.0 Å². The molecule has 1 aromatic rings. The molecule has 1 N–H and O–H groups in total. The normalized spacial score (nSPS) is 19.8. The minimum Gasteiger partial charge on any atom is -0.493 e. The van der Waals surface area contributed by atoms with Gasteiger partial charge in [-0.2, -0.15) is 5.10 Å². The van der Waals surface area contributed by atoms with E-state index in [0.717, 1.165) is 38.9 Å². The number of carbonyl (C=O) groups excluding carboxylic acids is 1. The predicted molar refractivity (Wildman–Crippen MR) is 69.0 cm³/mol. The lowest BCUT2D eigenvalue weighted by molar-refractivity contribution is 0.0885. The van der Waals surface area contributed by atoms with Gasteiger partial charge >= 0.3 is 0 Å². The molecule has 0 spiro atoms. The third kappa shape index (κ3) is 2.56. The fourth-order valence-corrected chi connectivity index (χ4v) is 2.42. The molecule has 5 heteroatoms. The van der Waals surface area contributed by atoms with Gasteiger partial charge in [-0.05, 0) is 25.8 Å². The van der Waals surface area contributed by atoms with E-state index >= 15 is 0 Å². The highest BCUT2D eigenvalue weighted by atomic mass is 16.5. The number of hydrogen-bond donors (Lipinski definition) is 1. The van der Waals surface area contributed by atoms with Gasteiger partial charge in [-0.3, -0.25) is 9.48 Å². The Morgan fingerprint density at radius 1 is 1.67 bits per heavy atom. The Morgan fingerprint density at radius 2 is 2.50 bits per heavy atom. The third-order valence-corrected chi connectivity index (χ3v) is 3.36. The van der Waals surface area contributed by atoms with Crippen LogP contribution in [-0.4, -0.2) is 35.8 Å². The number of piperidine rings is 1. The minimum atomic E-state index is 0.0555. The van der Waals surface area contributed by atoms with Crippen molar-refractivity contribution in [3.8, 4) is 5.75 Å². The Bertz CT molecular complexity index is 408. The molecule has 0 radical (unpaired) electrons. The summed E-state index contributed by atoms with van der Waals surface area (Å²) < 4.78 is 7.03. The zero-order valence-corrected chi connectivity index (χ0v) is 11.1. The monoisotopic (exact) mass is 251 g/mol. The summed E-state index contributed by atoms with van der Waals surface area (Å²) in [5.74, 6) is 0.809. The maximum Gasteiger partial charge on any atom is 0.189 e. The maximum absolute atomic E-state index is 12.6. The standard InChI is InChI=1S/C13H21N3O2/c1-3-7-16-12(11(18-2)9-15-16)13(17)10-5-4-6-14-8-10/h9-10,14H,3-8H2,1-2H3. The van der Waals surface area contributed by atoms with Crippen molar-refractivity contribution in [1.29, 1.82) is 0 Å². The molecule has 1 aliphatic rings. The summed E-state index contributed by atoms with van der Waals surface area (Å²) in [7, 11) is 1.59. The van der Waals surface area contributed by atoms with Crippen molar-refractivity contribution in [1.82, 2.24) is 15.1 Å². The van der Waals surface area contributed by atoms with E-state index < -0.39 is 0 Å². The third-order valence-electron chi connectivity index (χ3n) is 3.36. The highest BCUT2D eigenvalue weighted by Crippen LogP contribution is 2.24. The van der Waals surface area contributed by atoms with Crippen LogP contribution in [-0.2, 0) is 6.54 Å². The number of aromatic nitrogens is 2. The number of aryl methyl sites for hydroxylation is 1. The zero-order valence-electron chi connectivity index (χ0n) is 11.1. The van der Waals surface area contributed by atoms with Crippen molar-refractivity contribution in [3.63, 3.8) is 0 Å². The van der Waals surface area contributed by atoms with Crippen LogP contribution in [0.5, 0.6) is 5.75 Å². The van der Waals surface area contributed by atoms with Crippen LogP contribution >= 0.6 is 0 Å². The molecule has 2 rings (SSSR count). The van der Waals surface area contributed by atoms with E-state index in [1.807, 2.05) is 0 Å². The first kappa shape index (κ1) is 13.1. The van der Waals surface area contributed by atoms with Crippen LogP contribution < -0.4 is 10.1 Å². The lowest BCUT2D eigenvalue weighted by Crippen LogP contribution is -2.35. The highest BCUT2D eigenvalue weighted by molar-refractivity contribution is 5.99. The first-order chi connectivity index (χ1) is 8.77. The van der Waals surface area contributed by atoms with Gasteiger partial charge in [0, 0.05) is 19.0 Å². The summed E-state index contributed by atoms with van der Waals surface area (Å²) in [4.78, 5) is 12.6. The Hall–Kier alpha value is -1.36. The van der Waals surface area contributed by atoms with Gasteiger partial charge in [0.15, 0.2) is 11.5 Å². The number of Topliss-reactive ketones (excluding diaryl/α,β-unsaturated/α-hetero) is 1. The first-order valence-corrected chi connectivity index (χ1v) is 6.62. The zero-order chi connectivity index (χ0) is 13.0. The molecule has 1 aromatic heterocycles. The molecule has 100 valence electrons. The van der Waals surface area contributed by atoms with Gasteiger partial charge in [0.25, 0.3) is 0 Å². The van der Waals surface area contributed by atoms with E-state index in [-0.39, 0.29) is 11.7 Å². The number of ether oxygens (including phenoxy) is 1. The average molecular weight is 251 g/mol. The summed E-state index contributed by atoms with van der Waals surface area (Å²) in [6.45, 7) is 4.60. The van der Waals surface area contributed by atoms with Gasteiger partial charge in [0.2, 0.25) is 0 Å². The van der Waals surface area contributed by atoms with Gasteiger partial charge in [-0.25, -0.2) is 0 Å². The van der Waals surface area contributed by atoms with Crippen molar-refractivity contribution in [2.75, 3.05) is 20.2 Å². The molecule has 0 saturated carbocycles. The van der Waals surface area contributed by atoms with Crippen LogP contribution in [0.3, 0.4) is 0 Å². The molecular formula is C13H21N3O2. The molecular weight excluding hydrogens is 230 g/mol. The fourth-order valence-electron chi connectivity index (χ4n) is 2.42. The van der Waals surface area contributed by atoms with Crippen LogP contribution in [0.1, 0.15) is 36.7 Å². The summed E-state index contributed by atoms with van der Waals surface area (Å²) in [5.41, 5.74) is 0.632. The molecule has 1 unspecified atom stereocenters. The molecule has 0 amide bonds. The Labute approximate surface area is 108 Å². The molecule has 0 bridgehead atoms. The molecule has 5 nitrogen and oxygen atoms in total. The van der Waals surface area contributed by atoms with Crippen LogP contribution in [0.4, 0.5) is 0 Å². The number of rotatable bonds is 5. The number of carbonyl (C=O) groups is 1. The largest absolute Gasteiger partial charge is 0.493 e. The molecule has 1 aliphatic heterocycles. The van der Waals surface area contributed by atoms with Crippen molar-refractivity contribution < 1.29 is 9.53 Å². The lowest BCUT2D eigenvalue weighted by atomic mass is 9.93. The van der Waals surface area contributed by atoms with Gasteiger partial charge in [0.05, 0.1) is 13.3 Å². The second-order valence-electron chi connectivity index (χ2n) is 4.69. The molecule has 18 heavy (non-hydrogen) atoms. The minimum absolute atomic E-state index is 0.0555. The Balaban J connectivity index is 2.23. The van der Waals surface area contributed by atoms with Gasteiger partial charge in [-0.1, -0.05) is 6.92 Å². The van der Waals surface area contributed by atoms with E-state index in [1.165, 1.54) is 0 Å². The van der Waals surface area contributed by atoms with Crippen molar-refractivity contribution in [2.45, 2.75) is 32.7 Å². The quantitative estimate of drug-likeness (QED) is 0.805. The molecule has 1 fully saturated rings. The van der Waals surface area contributed by atoms with Crippen molar-refractivity contribution >= 4 is 5.78 Å². The van der Waals surface area contributed by atoms with E-state index in [0.29, 0.717) is 11.4 Å². The SMILES string of the molecule is CCCn1ncc(OC)c1C(=O)C1CCCNC1. The molecule has 0 aliphatic carbocycles. The number of ketones is 1. The smallest absolute Gasteiger partial charge is 0.189 e. The summed E-state index contributed by atoms with van der Waals surface area (Å²) in [6.07, 6.45) is 4.60. The molecule has 2 heterocycles. The average Bonchev–Trinajstić information content (AvgIpc) is 2.82. The number of methoxy groups -OCH3 is 1. The highest BCUT2D eigenvalue weighted by Gasteiger charge is 2.28. The Kier molecular flexibility index (Phi) is 4.36. The summed E-state index contributed by atoms with van der Waals surface area (Å²) >= 11 is 0. The second kappa shape index (κ2) is 6.00. The fraction of sp³-hybridized carbons (Fsp3) is 0.692. The second-order valence-corrected chi connectivity index (χ2v) is 4.69. The van der Waals surface area contributed by atoms with E-state index in [2.05, 4.69) is 17.3 Å². The maximum atomic E-state index is 12.6. The number of nitrogens with zero attached hydrogens (tertiary/aromatic N) is 2. The van der Waals surface area contributed by atoms with Gasteiger partial charge in [0.1, 0.15) is 5.69 Å². The van der Waals surface area contributed by atoms with Crippen molar-refractivity contribution in [2.24, 2.45) is 5.92 Å². The van der Waals surface area contributed by atoms with Crippen LogP contribution in [0.2, 0.25) is 0 Å². The number of hydrogen-bond acceptors (Lipinski definition) is 4. The Morgan fingerprint density at radius 3 is 3.11 bits per heavy atom. The predicted octanol–water partition coefficient (Wildman–Crippen LogP) is 1.48. The van der Waals surface area contributed by atoms with Crippen LogP contribution in [0, 0.1) is 5.92 Å². The van der Waals surface area contributed by atoms with Gasteiger partial charge in [-0.15, -0.1) is 0 Å². The van der Waals surface area contributed by atoms with E-state index in [9.17, 15) is 4.79 Å². The summed E-state index contributed by atoms with van der Waals surface area (Å²) in [6, 6.07) is 0. The summed E-state index contributed by atoms with van der Waals surface area (Å²) in [5, 5.41) is 7.52. The molecule has 0 aromatic carbocycles. The van der Waals surface area contributed by atoms with E-state index in [4.69, 9.17) is 4.74 Å². The molecule has 1 saturated heterocycles. The van der Waals surface area contributed by atoms with Gasteiger partial charge < -0.3 is 10.1 Å². The van der Waals surface area contributed by atoms with Crippen molar-refractivity contribution in [3.05, 3.63) is 11.9 Å². The topological polar surface area (TPSA) is 56.2 Å². The first-order valence-electron chi connectivity index (χ1n) is 6.62. The van der Waals surface area contributed by atoms with Crippen LogP contribution in [0.15, 0.2) is 6.20 Å². The number of nitrogens with one attached hydrogen (secondary N) is 1. The lowest BCUT2D eigenvalue weighted by Gasteiger charge is -2.22. The molecule has 1 atom stereocenters.